The molecule has 150 valence electrons. The number of rotatable bonds is 6. The molecule has 11 heteroatoms. The molecule has 0 spiro atoms. The van der Waals surface area contributed by atoms with Gasteiger partial charge in [0.2, 0.25) is 0 Å². The van der Waals surface area contributed by atoms with E-state index in [1.807, 2.05) is 0 Å². The molecule has 0 aliphatic heterocycles. The Labute approximate surface area is 173 Å². The van der Waals surface area contributed by atoms with Gasteiger partial charge in [0.1, 0.15) is 33.6 Å². The zero-order chi connectivity index (χ0) is 21.8. The molecule has 9 nitrogen and oxygen atoms in total. The van der Waals surface area contributed by atoms with E-state index in [1.54, 1.807) is 12.1 Å². The highest BCUT2D eigenvalue weighted by Crippen LogP contribution is 2.21. The molecule has 2 N–H and O–H groups in total. The van der Waals surface area contributed by atoms with Crippen molar-refractivity contribution >= 4 is 31.7 Å². The Bertz CT molecular complexity index is 1300. The van der Waals surface area contributed by atoms with Crippen molar-refractivity contribution in [2.75, 3.05) is 9.44 Å². The lowest BCUT2D eigenvalue weighted by Crippen LogP contribution is -2.17. The van der Waals surface area contributed by atoms with Crippen molar-refractivity contribution in [3.63, 3.8) is 0 Å². The summed E-state index contributed by atoms with van der Waals surface area (Å²) in [4.78, 5) is 3.49. The lowest BCUT2D eigenvalue weighted by molar-refractivity contribution is 0.599. The van der Waals surface area contributed by atoms with Gasteiger partial charge >= 0.3 is 0 Å². The summed E-state index contributed by atoms with van der Waals surface area (Å²) < 4.78 is 54.9. The van der Waals surface area contributed by atoms with Gasteiger partial charge in [0.15, 0.2) is 0 Å². The number of hydrogen-bond donors (Lipinski definition) is 2. The normalized spacial score (nSPS) is 11.1. The van der Waals surface area contributed by atoms with Crippen molar-refractivity contribution < 1.29 is 16.8 Å². The van der Waals surface area contributed by atoms with E-state index in [2.05, 4.69) is 14.4 Å². The second kappa shape index (κ2) is 8.21. The molecule has 0 atom stereocenters. The zero-order valence-electron chi connectivity index (χ0n) is 15.1. The molecule has 30 heavy (non-hydrogen) atoms. The number of anilines is 2. The first-order valence-corrected chi connectivity index (χ1v) is 11.2. The molecule has 3 aromatic rings. The van der Waals surface area contributed by atoms with E-state index in [0.717, 1.165) is 0 Å². The van der Waals surface area contributed by atoms with Crippen LogP contribution in [0.3, 0.4) is 0 Å². The highest BCUT2D eigenvalue weighted by atomic mass is 32.2. The molecule has 2 aromatic carbocycles. The molecule has 0 aliphatic carbocycles. The first kappa shape index (κ1) is 20.8. The molecular formula is C19H13N5O4S2. The highest BCUT2D eigenvalue weighted by molar-refractivity contribution is 7.93. The van der Waals surface area contributed by atoms with Crippen LogP contribution < -0.4 is 9.44 Å². The van der Waals surface area contributed by atoms with Crippen molar-refractivity contribution in [3.8, 4) is 12.1 Å². The van der Waals surface area contributed by atoms with Crippen LogP contribution in [0.2, 0.25) is 0 Å². The Kier molecular flexibility index (Phi) is 5.69. The molecule has 1 aromatic heterocycles. The topological polar surface area (TPSA) is 153 Å². The second-order valence-corrected chi connectivity index (χ2v) is 9.14. The van der Waals surface area contributed by atoms with Crippen molar-refractivity contribution in [1.29, 1.82) is 10.5 Å². The number of hydrogen-bond acceptors (Lipinski definition) is 7. The summed E-state index contributed by atoms with van der Waals surface area (Å²) in [7, 11) is -8.27. The largest absolute Gasteiger partial charge is 0.264 e. The van der Waals surface area contributed by atoms with E-state index in [1.165, 1.54) is 66.7 Å². The minimum absolute atomic E-state index is 0.0463. The summed E-state index contributed by atoms with van der Waals surface area (Å²) in [6.45, 7) is 0. The van der Waals surface area contributed by atoms with E-state index in [0.29, 0.717) is 0 Å². The summed E-state index contributed by atoms with van der Waals surface area (Å²) in [5, 5.41) is 18.2. The van der Waals surface area contributed by atoms with Crippen LogP contribution in [0, 0.1) is 22.7 Å². The van der Waals surface area contributed by atoms with Crippen LogP contribution in [0.15, 0.2) is 76.5 Å². The van der Waals surface area contributed by atoms with Gasteiger partial charge in [-0.05, 0) is 36.4 Å². The first-order valence-electron chi connectivity index (χ1n) is 8.28. The Morgan fingerprint density at radius 3 is 1.43 bits per heavy atom. The minimum atomic E-state index is -4.13. The molecule has 0 amide bonds. The summed E-state index contributed by atoms with van der Waals surface area (Å²) in [6, 6.07) is 18.9. The fourth-order valence-corrected chi connectivity index (χ4v) is 4.84. The lowest BCUT2D eigenvalue weighted by Gasteiger charge is -2.11. The summed E-state index contributed by atoms with van der Waals surface area (Å²) in [6.07, 6.45) is 0. The minimum Gasteiger partial charge on any atom is -0.263 e. The maximum Gasteiger partial charge on any atom is 0.264 e. The molecule has 0 radical (unpaired) electrons. The number of aromatic nitrogens is 1. The third-order valence-electron chi connectivity index (χ3n) is 3.82. The number of nitriles is 2. The van der Waals surface area contributed by atoms with Crippen LogP contribution in [0.5, 0.6) is 0 Å². The van der Waals surface area contributed by atoms with Gasteiger partial charge in [-0.1, -0.05) is 30.3 Å². The SMILES string of the molecule is N#Cc1ccccc1S(=O)(=O)Nc1cccc(NS(=O)(=O)c2ccccc2C#N)n1. The van der Waals surface area contributed by atoms with Gasteiger partial charge in [-0.3, -0.25) is 9.44 Å². The number of pyridine rings is 1. The molecular weight excluding hydrogens is 426 g/mol. The van der Waals surface area contributed by atoms with Crippen LogP contribution in [0.4, 0.5) is 11.6 Å². The Hall–Kier alpha value is -3.93. The third kappa shape index (κ3) is 4.38. The summed E-state index contributed by atoms with van der Waals surface area (Å²) in [5.41, 5.74) is -0.0927. The van der Waals surface area contributed by atoms with Gasteiger partial charge in [0.25, 0.3) is 20.0 Å². The zero-order valence-corrected chi connectivity index (χ0v) is 16.8. The maximum atomic E-state index is 12.6. The molecule has 0 fully saturated rings. The fourth-order valence-electron chi connectivity index (χ4n) is 2.52. The van der Waals surface area contributed by atoms with Crippen LogP contribution in [-0.2, 0) is 20.0 Å². The number of sulfonamides is 2. The van der Waals surface area contributed by atoms with Gasteiger partial charge in [-0.25, -0.2) is 21.8 Å². The molecule has 0 saturated heterocycles. The van der Waals surface area contributed by atoms with Gasteiger partial charge in [0.05, 0.1) is 11.1 Å². The number of benzene rings is 2. The monoisotopic (exact) mass is 439 g/mol. The fraction of sp³-hybridized carbons (Fsp3) is 0. The number of nitrogens with zero attached hydrogens (tertiary/aromatic N) is 3. The summed E-state index contributed by atoms with van der Waals surface area (Å²) in [5.74, 6) is -0.312. The first-order chi connectivity index (χ1) is 14.3. The van der Waals surface area contributed by atoms with E-state index in [-0.39, 0.29) is 32.6 Å². The van der Waals surface area contributed by atoms with E-state index < -0.39 is 20.0 Å². The van der Waals surface area contributed by atoms with Crippen LogP contribution >= 0.6 is 0 Å². The highest BCUT2D eigenvalue weighted by Gasteiger charge is 2.21. The lowest BCUT2D eigenvalue weighted by atomic mass is 10.2. The number of nitrogens with one attached hydrogen (secondary N) is 2. The van der Waals surface area contributed by atoms with Crippen molar-refractivity contribution in [3.05, 3.63) is 77.9 Å². The Balaban J connectivity index is 1.90. The van der Waals surface area contributed by atoms with E-state index in [4.69, 9.17) is 10.5 Å². The van der Waals surface area contributed by atoms with Crippen molar-refractivity contribution in [2.24, 2.45) is 0 Å². The van der Waals surface area contributed by atoms with Crippen LogP contribution in [-0.4, -0.2) is 21.8 Å². The molecule has 3 rings (SSSR count). The van der Waals surface area contributed by atoms with Crippen molar-refractivity contribution in [2.45, 2.75) is 9.79 Å². The predicted molar refractivity (Wildman–Crippen MR) is 108 cm³/mol. The van der Waals surface area contributed by atoms with E-state index in [9.17, 15) is 16.8 Å². The van der Waals surface area contributed by atoms with Gasteiger partial charge in [-0.15, -0.1) is 0 Å². The van der Waals surface area contributed by atoms with Crippen LogP contribution in [0.25, 0.3) is 0 Å². The van der Waals surface area contributed by atoms with Gasteiger partial charge in [-0.2, -0.15) is 10.5 Å². The standard InChI is InChI=1S/C19H13N5O4S2/c20-12-14-6-1-3-8-16(14)29(25,26)23-18-10-5-11-19(22-18)24-30(27,28)17-9-4-2-7-15(17)13-21/h1-11H,(H2,22,23,24). The quantitative estimate of drug-likeness (QED) is 0.598. The smallest absolute Gasteiger partial charge is 0.263 e. The predicted octanol–water partition coefficient (Wildman–Crippen LogP) is 2.43. The Morgan fingerprint density at radius 1 is 0.633 bits per heavy atom. The maximum absolute atomic E-state index is 12.6. The average molecular weight is 439 g/mol. The average Bonchev–Trinajstić information content (AvgIpc) is 2.73. The van der Waals surface area contributed by atoms with Gasteiger partial charge in [0, 0.05) is 0 Å². The van der Waals surface area contributed by atoms with Crippen LogP contribution in [0.1, 0.15) is 11.1 Å². The molecule has 0 bridgehead atoms. The molecule has 0 aliphatic rings. The van der Waals surface area contributed by atoms with Gasteiger partial charge < -0.3 is 0 Å². The molecule has 1 heterocycles. The third-order valence-corrected chi connectivity index (χ3v) is 6.65. The van der Waals surface area contributed by atoms with E-state index >= 15 is 0 Å². The Morgan fingerprint density at radius 2 is 1.03 bits per heavy atom. The molecule has 0 saturated carbocycles. The van der Waals surface area contributed by atoms with Crippen molar-refractivity contribution in [1.82, 2.24) is 4.98 Å². The molecule has 0 unspecified atom stereocenters. The summed E-state index contributed by atoms with van der Waals surface area (Å²) >= 11 is 0. The second-order valence-electron chi connectivity index (χ2n) is 5.83.